The second-order valence-corrected chi connectivity index (χ2v) is 14.8. The van der Waals surface area contributed by atoms with Gasteiger partial charge in [0.25, 0.3) is 0 Å². The summed E-state index contributed by atoms with van der Waals surface area (Å²) in [7, 11) is 0. The highest BCUT2D eigenvalue weighted by molar-refractivity contribution is 7.26. The van der Waals surface area contributed by atoms with E-state index < -0.39 is 0 Å². The van der Waals surface area contributed by atoms with Crippen LogP contribution in [0.25, 0.3) is 91.9 Å². The highest BCUT2D eigenvalue weighted by Crippen LogP contribution is 2.51. The van der Waals surface area contributed by atoms with Crippen LogP contribution in [0.3, 0.4) is 0 Å². The van der Waals surface area contributed by atoms with Crippen molar-refractivity contribution in [2.45, 2.75) is 19.3 Å². The topological polar surface area (TPSA) is 18.1 Å². The third kappa shape index (κ3) is 3.41. The molecule has 11 rings (SSSR count). The third-order valence-electron chi connectivity index (χ3n) is 10.8. The first-order valence-electron chi connectivity index (χ1n) is 16.6. The zero-order valence-corrected chi connectivity index (χ0v) is 27.4. The second kappa shape index (κ2) is 9.25. The number of thiophene rings is 1. The molecule has 2 nitrogen and oxygen atoms in total. The molecule has 0 aliphatic heterocycles. The number of hydrogen-bond acceptors (Lipinski definition) is 2. The average molecular weight is 632 g/mol. The molecule has 0 bridgehead atoms. The van der Waals surface area contributed by atoms with Crippen LogP contribution in [0.2, 0.25) is 0 Å². The Kier molecular flexibility index (Phi) is 5.09. The zero-order chi connectivity index (χ0) is 31.7. The summed E-state index contributed by atoms with van der Waals surface area (Å²) >= 11 is 1.87. The minimum atomic E-state index is -0.0675. The monoisotopic (exact) mass is 631 g/mol. The van der Waals surface area contributed by atoms with Crippen molar-refractivity contribution < 1.29 is 4.42 Å². The van der Waals surface area contributed by atoms with Crippen molar-refractivity contribution in [2.75, 3.05) is 0 Å². The van der Waals surface area contributed by atoms with Crippen molar-refractivity contribution in [2.24, 2.45) is 0 Å². The van der Waals surface area contributed by atoms with E-state index in [1.54, 1.807) is 0 Å². The fraction of sp³-hybridized carbons (Fsp3) is 0.0667. The number of nitrogens with zero attached hydrogens (tertiary/aromatic N) is 1. The molecule has 0 saturated carbocycles. The molecule has 0 spiro atoms. The van der Waals surface area contributed by atoms with Crippen LogP contribution < -0.4 is 0 Å². The summed E-state index contributed by atoms with van der Waals surface area (Å²) < 4.78 is 11.7. The minimum absolute atomic E-state index is 0.0675. The minimum Gasteiger partial charge on any atom is -0.456 e. The molecule has 1 aliphatic carbocycles. The van der Waals surface area contributed by atoms with Crippen molar-refractivity contribution in [1.82, 2.24) is 4.57 Å². The molecule has 48 heavy (non-hydrogen) atoms. The third-order valence-corrected chi connectivity index (χ3v) is 12.0. The van der Waals surface area contributed by atoms with E-state index in [4.69, 9.17) is 4.42 Å². The van der Waals surface area contributed by atoms with Crippen LogP contribution in [0.4, 0.5) is 0 Å². The lowest BCUT2D eigenvalue weighted by molar-refractivity contribution is 0.661. The molecule has 3 aromatic heterocycles. The van der Waals surface area contributed by atoms with Crippen LogP contribution in [-0.4, -0.2) is 4.57 Å². The summed E-state index contributed by atoms with van der Waals surface area (Å²) in [5, 5.41) is 7.46. The van der Waals surface area contributed by atoms with Crippen LogP contribution >= 0.6 is 11.3 Å². The van der Waals surface area contributed by atoms with Gasteiger partial charge in [-0.15, -0.1) is 11.3 Å². The van der Waals surface area contributed by atoms with Gasteiger partial charge in [0.1, 0.15) is 11.2 Å². The van der Waals surface area contributed by atoms with Crippen molar-refractivity contribution >= 4 is 75.3 Å². The van der Waals surface area contributed by atoms with E-state index in [0.29, 0.717) is 0 Å². The highest BCUT2D eigenvalue weighted by atomic mass is 32.1. The van der Waals surface area contributed by atoms with Crippen LogP contribution in [-0.2, 0) is 5.41 Å². The molecule has 0 amide bonds. The van der Waals surface area contributed by atoms with Crippen molar-refractivity contribution in [3.63, 3.8) is 0 Å². The van der Waals surface area contributed by atoms with E-state index in [2.05, 4.69) is 158 Å². The number of aromatic nitrogens is 1. The number of para-hydroxylation sites is 1. The second-order valence-electron chi connectivity index (χ2n) is 13.7. The zero-order valence-electron chi connectivity index (χ0n) is 26.5. The van der Waals surface area contributed by atoms with Crippen LogP contribution in [0.1, 0.15) is 25.0 Å². The lowest BCUT2D eigenvalue weighted by Crippen LogP contribution is -2.14. The number of hydrogen-bond donors (Lipinski definition) is 0. The molecule has 3 heterocycles. The molecule has 226 valence electrons. The SMILES string of the molecule is CC1(C)c2ccccc2-c2cc3c4ccccc4n(-c4ccc5c(c4)oc4cc(-c6cccc7c6sc6ccccc67)ccc45)c3cc21. The van der Waals surface area contributed by atoms with E-state index in [9.17, 15) is 0 Å². The Morgan fingerprint density at radius 2 is 1.23 bits per heavy atom. The van der Waals surface area contributed by atoms with Crippen LogP contribution in [0.15, 0.2) is 144 Å². The van der Waals surface area contributed by atoms with Crippen LogP contribution in [0, 0.1) is 0 Å². The molecule has 3 heteroatoms. The van der Waals surface area contributed by atoms with Gasteiger partial charge in [0.15, 0.2) is 0 Å². The van der Waals surface area contributed by atoms with E-state index in [-0.39, 0.29) is 5.41 Å². The van der Waals surface area contributed by atoms with E-state index in [1.807, 2.05) is 11.3 Å². The van der Waals surface area contributed by atoms with E-state index in [1.165, 1.54) is 75.4 Å². The number of rotatable bonds is 2. The van der Waals surface area contributed by atoms with Gasteiger partial charge >= 0.3 is 0 Å². The van der Waals surface area contributed by atoms with E-state index in [0.717, 1.165) is 27.6 Å². The Morgan fingerprint density at radius 3 is 2.15 bits per heavy atom. The smallest absolute Gasteiger partial charge is 0.137 e. The summed E-state index contributed by atoms with van der Waals surface area (Å²) in [6.45, 7) is 4.71. The Morgan fingerprint density at radius 1 is 0.500 bits per heavy atom. The Labute approximate surface area is 281 Å². The Balaban J connectivity index is 1.10. The van der Waals surface area contributed by atoms with Crippen molar-refractivity contribution in [3.05, 3.63) is 151 Å². The molecule has 0 fully saturated rings. The van der Waals surface area contributed by atoms with E-state index >= 15 is 0 Å². The Bertz CT molecular complexity index is 2990. The van der Waals surface area contributed by atoms with Crippen LogP contribution in [0.5, 0.6) is 0 Å². The maximum atomic E-state index is 6.69. The lowest BCUT2D eigenvalue weighted by Gasteiger charge is -2.21. The molecule has 0 N–H and O–H groups in total. The van der Waals surface area contributed by atoms with Gasteiger partial charge in [0, 0.05) is 58.9 Å². The van der Waals surface area contributed by atoms with Gasteiger partial charge < -0.3 is 8.98 Å². The maximum Gasteiger partial charge on any atom is 0.137 e. The highest BCUT2D eigenvalue weighted by Gasteiger charge is 2.36. The fourth-order valence-electron chi connectivity index (χ4n) is 8.49. The molecule has 0 radical (unpaired) electrons. The number of benzene rings is 7. The first kappa shape index (κ1) is 26.4. The first-order valence-corrected chi connectivity index (χ1v) is 17.4. The average Bonchev–Trinajstić information content (AvgIpc) is 3.84. The molecule has 0 saturated heterocycles. The van der Waals surface area contributed by atoms with Gasteiger partial charge in [-0.3, -0.25) is 0 Å². The predicted octanol–water partition coefficient (Wildman–Crippen LogP) is 13.0. The number of fused-ring (bicyclic) bond motifs is 12. The molecule has 7 aromatic carbocycles. The molecule has 1 aliphatic rings. The molecule has 0 unspecified atom stereocenters. The molecule has 0 atom stereocenters. The summed E-state index contributed by atoms with van der Waals surface area (Å²) in [6, 6.07) is 51.3. The normalized spacial score (nSPS) is 13.8. The standard InChI is InChI=1S/C45H29NOS/c1-45(2)37-15-6-3-10-29(37)35-24-36-30-11-4-7-16-39(30)46(40(36)25-38(35)45)27-19-21-32-31-20-18-26(22-41(31)47-42(32)23-27)28-13-9-14-34-33-12-5-8-17-43(33)48-44(28)34/h3-25H,1-2H3. The van der Waals surface area contributed by atoms with Crippen molar-refractivity contribution in [3.8, 4) is 27.9 Å². The Hall–Kier alpha value is -5.64. The van der Waals surface area contributed by atoms with Crippen molar-refractivity contribution in [1.29, 1.82) is 0 Å². The molecular weight excluding hydrogens is 603 g/mol. The summed E-state index contributed by atoms with van der Waals surface area (Å²) in [5.41, 5.74) is 13.2. The van der Waals surface area contributed by atoms with Gasteiger partial charge in [-0.2, -0.15) is 0 Å². The summed E-state index contributed by atoms with van der Waals surface area (Å²) in [6.07, 6.45) is 0. The summed E-state index contributed by atoms with van der Waals surface area (Å²) in [5.74, 6) is 0. The van der Waals surface area contributed by atoms with Gasteiger partial charge in [-0.25, -0.2) is 0 Å². The van der Waals surface area contributed by atoms with Gasteiger partial charge in [-0.1, -0.05) is 98.8 Å². The van der Waals surface area contributed by atoms with Gasteiger partial charge in [0.2, 0.25) is 0 Å². The first-order chi connectivity index (χ1) is 23.5. The summed E-state index contributed by atoms with van der Waals surface area (Å²) in [4.78, 5) is 0. The predicted molar refractivity (Wildman–Crippen MR) is 204 cm³/mol. The largest absolute Gasteiger partial charge is 0.456 e. The maximum absolute atomic E-state index is 6.69. The molecular formula is C45H29NOS. The number of furan rings is 1. The quantitative estimate of drug-likeness (QED) is 0.186. The van der Waals surface area contributed by atoms with Gasteiger partial charge in [-0.05, 0) is 81.9 Å². The lowest BCUT2D eigenvalue weighted by atomic mass is 9.82. The molecule has 10 aromatic rings. The van der Waals surface area contributed by atoms with Gasteiger partial charge in [0.05, 0.1) is 11.0 Å². The fourth-order valence-corrected chi connectivity index (χ4v) is 9.73.